The molecule has 0 saturated heterocycles. The maximum Gasteiger partial charge on any atom is 0.433 e. The summed E-state index contributed by atoms with van der Waals surface area (Å²) in [6, 6.07) is 0.523. The average Bonchev–Trinajstić information content (AvgIpc) is 2.64. The summed E-state index contributed by atoms with van der Waals surface area (Å²) in [6.07, 6.45) is -1.61. The fraction of sp³-hybridized carbons (Fsp3) is 0.286. The van der Waals surface area contributed by atoms with E-state index in [-0.39, 0.29) is 5.76 Å². The van der Waals surface area contributed by atoms with Crippen LogP contribution in [0.25, 0.3) is 0 Å². The molecule has 2 atom stereocenters. The molecule has 1 rings (SSSR count). The summed E-state index contributed by atoms with van der Waals surface area (Å²) in [7, 11) is 0. The lowest BCUT2D eigenvalue weighted by atomic mass is 10.1. The van der Waals surface area contributed by atoms with E-state index in [4.69, 9.17) is 10.8 Å². The second-order valence-electron chi connectivity index (χ2n) is 2.74. The van der Waals surface area contributed by atoms with E-state index in [0.717, 1.165) is 12.1 Å². The summed E-state index contributed by atoms with van der Waals surface area (Å²) in [5.41, 5.74) is 5.10. The Morgan fingerprint density at radius 3 is 2.60 bits per heavy atom. The molecule has 0 aromatic carbocycles. The van der Waals surface area contributed by atoms with Crippen LogP contribution in [-0.2, 0) is 4.79 Å². The number of rotatable bonds is 4. The van der Waals surface area contributed by atoms with Gasteiger partial charge in [0.25, 0.3) is 0 Å². The van der Waals surface area contributed by atoms with Crippen molar-refractivity contribution in [1.82, 2.24) is 0 Å². The molecule has 0 aliphatic rings. The molecule has 0 aliphatic carbocycles. The summed E-state index contributed by atoms with van der Waals surface area (Å²) in [5.74, 6) is -2.26. The number of aliphatic carboxylic acids is 1. The molecular formula is C7H8N2O6. The van der Waals surface area contributed by atoms with E-state index in [9.17, 15) is 20.0 Å². The van der Waals surface area contributed by atoms with Gasteiger partial charge in [-0.2, -0.15) is 0 Å². The van der Waals surface area contributed by atoms with E-state index in [2.05, 4.69) is 4.42 Å². The molecule has 8 nitrogen and oxygen atoms in total. The summed E-state index contributed by atoms with van der Waals surface area (Å²) in [6.45, 7) is 0. The lowest BCUT2D eigenvalue weighted by Crippen LogP contribution is -2.36. The van der Waals surface area contributed by atoms with E-state index >= 15 is 0 Å². The van der Waals surface area contributed by atoms with E-state index < -0.39 is 28.9 Å². The number of hydrogen-bond acceptors (Lipinski definition) is 6. The number of carbonyl (C=O) groups is 1. The highest BCUT2D eigenvalue weighted by molar-refractivity contribution is 5.74. The topological polar surface area (TPSA) is 140 Å². The van der Waals surface area contributed by atoms with E-state index in [0.29, 0.717) is 0 Å². The second-order valence-corrected chi connectivity index (χ2v) is 2.74. The van der Waals surface area contributed by atoms with Crippen molar-refractivity contribution in [3.05, 3.63) is 28.0 Å². The maximum atomic E-state index is 10.4. The summed E-state index contributed by atoms with van der Waals surface area (Å²) >= 11 is 0. The molecule has 82 valence electrons. The number of aliphatic hydroxyl groups is 1. The first-order chi connectivity index (χ1) is 6.93. The van der Waals surface area contributed by atoms with Crippen LogP contribution in [0.1, 0.15) is 11.9 Å². The van der Waals surface area contributed by atoms with E-state index in [1.807, 2.05) is 0 Å². The van der Waals surface area contributed by atoms with Crippen molar-refractivity contribution >= 4 is 11.9 Å². The highest BCUT2D eigenvalue weighted by Crippen LogP contribution is 2.23. The number of carboxylic acid groups (broad SMARTS) is 1. The van der Waals surface area contributed by atoms with Crippen LogP contribution < -0.4 is 5.73 Å². The fourth-order valence-electron chi connectivity index (χ4n) is 0.911. The zero-order valence-electron chi connectivity index (χ0n) is 7.36. The van der Waals surface area contributed by atoms with Crippen LogP contribution in [0.2, 0.25) is 0 Å². The number of nitrogens with zero attached hydrogens (tertiary/aromatic N) is 1. The Kier molecular flexibility index (Phi) is 3.02. The highest BCUT2D eigenvalue weighted by Gasteiger charge is 2.27. The van der Waals surface area contributed by atoms with Gasteiger partial charge in [0.2, 0.25) is 0 Å². The Labute approximate surface area is 83.1 Å². The predicted molar refractivity (Wildman–Crippen MR) is 45.9 cm³/mol. The van der Waals surface area contributed by atoms with Crippen molar-refractivity contribution in [2.75, 3.05) is 0 Å². The van der Waals surface area contributed by atoms with Crippen molar-refractivity contribution in [3.63, 3.8) is 0 Å². The molecule has 0 aliphatic heterocycles. The largest absolute Gasteiger partial charge is 0.480 e. The van der Waals surface area contributed by atoms with Crippen LogP contribution in [0.5, 0.6) is 0 Å². The molecule has 0 saturated carbocycles. The number of furan rings is 1. The molecule has 0 amide bonds. The van der Waals surface area contributed by atoms with Gasteiger partial charge >= 0.3 is 11.9 Å². The maximum absolute atomic E-state index is 10.4. The Bertz CT molecular complexity index is 387. The quantitative estimate of drug-likeness (QED) is 0.460. The van der Waals surface area contributed by atoms with Gasteiger partial charge in [-0.25, -0.2) is 0 Å². The van der Waals surface area contributed by atoms with Crippen molar-refractivity contribution in [2.45, 2.75) is 12.1 Å². The van der Waals surface area contributed by atoms with Crippen molar-refractivity contribution < 1.29 is 24.3 Å². The van der Waals surface area contributed by atoms with Gasteiger partial charge in [0.05, 0.1) is 6.07 Å². The van der Waals surface area contributed by atoms with Crippen molar-refractivity contribution in [1.29, 1.82) is 0 Å². The molecule has 0 fully saturated rings. The second kappa shape index (κ2) is 4.07. The number of nitrogens with two attached hydrogens (primary N) is 1. The van der Waals surface area contributed by atoms with Gasteiger partial charge in [-0.05, 0) is 6.07 Å². The third-order valence-corrected chi connectivity index (χ3v) is 1.71. The van der Waals surface area contributed by atoms with Gasteiger partial charge in [-0.3, -0.25) is 14.9 Å². The Morgan fingerprint density at radius 2 is 2.20 bits per heavy atom. The van der Waals surface area contributed by atoms with Crippen molar-refractivity contribution in [2.24, 2.45) is 5.73 Å². The molecule has 0 radical (unpaired) electrons. The number of aliphatic hydroxyl groups excluding tert-OH is 1. The first-order valence-electron chi connectivity index (χ1n) is 3.84. The summed E-state index contributed by atoms with van der Waals surface area (Å²) in [4.78, 5) is 19.8. The van der Waals surface area contributed by atoms with Crippen LogP contribution in [0, 0.1) is 10.1 Å². The number of carboxylic acids is 1. The third-order valence-electron chi connectivity index (χ3n) is 1.71. The van der Waals surface area contributed by atoms with Gasteiger partial charge in [0, 0.05) is 0 Å². The zero-order valence-corrected chi connectivity index (χ0v) is 7.36. The Balaban J connectivity index is 2.87. The van der Waals surface area contributed by atoms with E-state index in [1.54, 1.807) is 0 Å². The van der Waals surface area contributed by atoms with Gasteiger partial charge in [0.1, 0.15) is 22.8 Å². The van der Waals surface area contributed by atoms with Crippen LogP contribution in [0.4, 0.5) is 5.88 Å². The molecule has 1 aromatic rings. The van der Waals surface area contributed by atoms with Gasteiger partial charge < -0.3 is 20.4 Å². The first kappa shape index (κ1) is 11.1. The molecule has 8 heteroatoms. The SMILES string of the molecule is NC(C(=O)O)C(O)c1ccc([N+](=O)[O-])o1. The normalized spacial score (nSPS) is 14.5. The molecule has 0 spiro atoms. The molecule has 0 bridgehead atoms. The van der Waals surface area contributed by atoms with Crippen LogP contribution >= 0.6 is 0 Å². The van der Waals surface area contributed by atoms with Crippen LogP contribution in [-0.4, -0.2) is 27.1 Å². The number of hydrogen-bond donors (Lipinski definition) is 3. The Morgan fingerprint density at radius 1 is 1.60 bits per heavy atom. The molecular weight excluding hydrogens is 208 g/mol. The fourth-order valence-corrected chi connectivity index (χ4v) is 0.911. The van der Waals surface area contributed by atoms with Gasteiger partial charge in [-0.1, -0.05) is 0 Å². The Hall–Kier alpha value is -1.93. The summed E-state index contributed by atoms with van der Waals surface area (Å²) < 4.78 is 4.59. The molecule has 1 heterocycles. The third kappa shape index (κ3) is 2.30. The average molecular weight is 216 g/mol. The predicted octanol–water partition coefficient (Wildman–Crippen LogP) is -0.367. The molecule has 1 aromatic heterocycles. The standard InChI is InChI=1S/C7H8N2O6/c8-5(7(11)12)6(10)3-1-2-4(15-3)9(13)14/h1-2,5-6,10H,8H2,(H,11,12). The zero-order chi connectivity index (χ0) is 11.6. The molecule has 2 unspecified atom stereocenters. The monoisotopic (exact) mass is 216 g/mol. The van der Waals surface area contributed by atoms with Gasteiger partial charge in [-0.15, -0.1) is 0 Å². The van der Waals surface area contributed by atoms with E-state index in [1.165, 1.54) is 0 Å². The minimum Gasteiger partial charge on any atom is -0.480 e. The van der Waals surface area contributed by atoms with Crippen LogP contribution in [0.3, 0.4) is 0 Å². The minimum absolute atomic E-state index is 0.253. The first-order valence-corrected chi connectivity index (χ1v) is 3.84. The molecule has 15 heavy (non-hydrogen) atoms. The van der Waals surface area contributed by atoms with Gasteiger partial charge in [0.15, 0.2) is 0 Å². The highest BCUT2D eigenvalue weighted by atomic mass is 16.6. The summed E-state index contributed by atoms with van der Waals surface area (Å²) in [5, 5.41) is 28.0. The minimum atomic E-state index is -1.61. The molecule has 4 N–H and O–H groups in total. The lowest BCUT2D eigenvalue weighted by Gasteiger charge is -2.11. The van der Waals surface area contributed by atoms with Crippen LogP contribution in [0.15, 0.2) is 16.5 Å². The number of nitro groups is 1. The van der Waals surface area contributed by atoms with Crippen molar-refractivity contribution in [3.8, 4) is 0 Å². The smallest absolute Gasteiger partial charge is 0.433 e. The lowest BCUT2D eigenvalue weighted by molar-refractivity contribution is -0.402.